The number of aromatic nitrogens is 3. The lowest BCUT2D eigenvalue weighted by Crippen LogP contribution is -2.29. The van der Waals surface area contributed by atoms with Crippen LogP contribution in [-0.2, 0) is 4.79 Å². The largest absolute Gasteiger partial charge is 0.507 e. The Hall–Kier alpha value is -2.29. The molecule has 140 valence electrons. The fraction of sp³-hybridized carbons (Fsp3) is 0.529. The van der Waals surface area contributed by atoms with Gasteiger partial charge in [-0.25, -0.2) is 9.50 Å². The van der Waals surface area contributed by atoms with Gasteiger partial charge in [-0.3, -0.25) is 9.59 Å². The second-order valence-electron chi connectivity index (χ2n) is 6.46. The molecule has 0 aliphatic heterocycles. The van der Waals surface area contributed by atoms with Crippen molar-refractivity contribution in [2.75, 3.05) is 12.3 Å². The number of thioether (sulfide) groups is 1. The Morgan fingerprint density at radius 1 is 1.31 bits per heavy atom. The quantitative estimate of drug-likeness (QED) is 0.633. The van der Waals surface area contributed by atoms with Crippen molar-refractivity contribution in [2.24, 2.45) is 5.92 Å². The zero-order valence-electron chi connectivity index (χ0n) is 14.3. The fourth-order valence-electron chi connectivity index (χ4n) is 3.31. The molecule has 8 nitrogen and oxygen atoms in total. The number of aromatic hydroxyl groups is 1. The molecule has 3 rings (SSSR count). The molecule has 0 spiro atoms. The molecule has 2 aromatic rings. The van der Waals surface area contributed by atoms with Crippen LogP contribution < -0.4 is 5.32 Å². The molecule has 9 heteroatoms. The Morgan fingerprint density at radius 3 is 2.81 bits per heavy atom. The topological polar surface area (TPSA) is 117 Å². The van der Waals surface area contributed by atoms with Crippen molar-refractivity contribution < 1.29 is 19.8 Å². The van der Waals surface area contributed by atoms with E-state index in [9.17, 15) is 14.7 Å². The predicted octanol–water partition coefficient (Wildman–Crippen LogP) is 2.31. The molecule has 0 radical (unpaired) electrons. The predicted molar refractivity (Wildman–Crippen MR) is 96.5 cm³/mol. The molecule has 0 unspecified atom stereocenters. The summed E-state index contributed by atoms with van der Waals surface area (Å²) in [6.07, 6.45) is 8.95. The standard InChI is InChI=1S/C17H22N4O4S/c22-12-8-13(26-7-6-11-4-2-1-3-5-11)21-16(19-10-20-21)15(12)17(25)18-9-14(23)24/h8,10-11,22H,1-7,9H2,(H,18,25)(H,23,24). The number of aliphatic carboxylic acids is 1. The highest BCUT2D eigenvalue weighted by molar-refractivity contribution is 7.99. The van der Waals surface area contributed by atoms with Crippen molar-refractivity contribution in [2.45, 2.75) is 43.6 Å². The van der Waals surface area contributed by atoms with Gasteiger partial charge in [-0.2, -0.15) is 5.10 Å². The van der Waals surface area contributed by atoms with Gasteiger partial charge in [0.1, 0.15) is 29.2 Å². The van der Waals surface area contributed by atoms with E-state index in [1.165, 1.54) is 49.0 Å². The molecule has 2 heterocycles. The van der Waals surface area contributed by atoms with Gasteiger partial charge >= 0.3 is 5.97 Å². The smallest absolute Gasteiger partial charge is 0.322 e. The molecule has 1 amide bonds. The molecule has 0 saturated heterocycles. The first-order valence-electron chi connectivity index (χ1n) is 8.74. The Balaban J connectivity index is 1.73. The van der Waals surface area contributed by atoms with Crippen LogP contribution in [0.2, 0.25) is 0 Å². The first kappa shape index (κ1) is 18.5. The number of nitrogens with one attached hydrogen (secondary N) is 1. The number of nitrogens with zero attached hydrogens (tertiary/aromatic N) is 3. The lowest BCUT2D eigenvalue weighted by atomic mass is 9.88. The van der Waals surface area contributed by atoms with Crippen LogP contribution in [0.15, 0.2) is 17.4 Å². The van der Waals surface area contributed by atoms with Gasteiger partial charge in [-0.15, -0.1) is 11.8 Å². The Kier molecular flexibility index (Phi) is 5.97. The molecule has 0 atom stereocenters. The number of carbonyl (C=O) groups excluding carboxylic acids is 1. The van der Waals surface area contributed by atoms with Crippen LogP contribution in [-0.4, -0.2) is 49.0 Å². The van der Waals surface area contributed by atoms with E-state index in [1.807, 2.05) is 0 Å². The minimum absolute atomic E-state index is 0.0691. The van der Waals surface area contributed by atoms with Crippen LogP contribution >= 0.6 is 11.8 Å². The molecule has 0 bridgehead atoms. The van der Waals surface area contributed by atoms with E-state index in [2.05, 4.69) is 15.4 Å². The van der Waals surface area contributed by atoms with Gasteiger partial charge in [0.15, 0.2) is 5.65 Å². The summed E-state index contributed by atoms with van der Waals surface area (Å²) in [5, 5.41) is 26.1. The highest BCUT2D eigenvalue weighted by Gasteiger charge is 2.21. The van der Waals surface area contributed by atoms with Crippen molar-refractivity contribution in [3.05, 3.63) is 18.0 Å². The van der Waals surface area contributed by atoms with E-state index in [0.717, 1.165) is 18.1 Å². The number of carboxylic acids is 1. The molecule has 1 aliphatic carbocycles. The third-order valence-electron chi connectivity index (χ3n) is 4.62. The summed E-state index contributed by atoms with van der Waals surface area (Å²) in [5.41, 5.74) is 0.147. The van der Waals surface area contributed by atoms with E-state index in [0.29, 0.717) is 5.03 Å². The van der Waals surface area contributed by atoms with Crippen LogP contribution in [0.5, 0.6) is 5.75 Å². The maximum absolute atomic E-state index is 12.2. The number of carbonyl (C=O) groups is 2. The van der Waals surface area contributed by atoms with Crippen molar-refractivity contribution in [1.29, 1.82) is 0 Å². The van der Waals surface area contributed by atoms with Crippen molar-refractivity contribution in [1.82, 2.24) is 19.9 Å². The zero-order valence-corrected chi connectivity index (χ0v) is 15.2. The summed E-state index contributed by atoms with van der Waals surface area (Å²) >= 11 is 1.58. The van der Waals surface area contributed by atoms with Gasteiger partial charge in [0.2, 0.25) is 0 Å². The van der Waals surface area contributed by atoms with Gasteiger partial charge in [-0.1, -0.05) is 32.1 Å². The van der Waals surface area contributed by atoms with Crippen molar-refractivity contribution in [3.63, 3.8) is 0 Å². The van der Waals surface area contributed by atoms with Crippen LogP contribution in [0.25, 0.3) is 5.65 Å². The van der Waals surface area contributed by atoms with Gasteiger partial charge in [-0.05, 0) is 18.1 Å². The third-order valence-corrected chi connectivity index (χ3v) is 5.65. The number of rotatable bonds is 7. The first-order valence-corrected chi connectivity index (χ1v) is 9.73. The Morgan fingerprint density at radius 2 is 2.08 bits per heavy atom. The highest BCUT2D eigenvalue weighted by atomic mass is 32.2. The van der Waals surface area contributed by atoms with Gasteiger partial charge < -0.3 is 15.5 Å². The maximum Gasteiger partial charge on any atom is 0.322 e. The van der Waals surface area contributed by atoms with Gasteiger partial charge in [0, 0.05) is 6.07 Å². The molecule has 2 aromatic heterocycles. The fourth-order valence-corrected chi connectivity index (χ4v) is 4.42. The molecule has 1 saturated carbocycles. The third kappa shape index (κ3) is 4.27. The normalized spacial score (nSPS) is 15.2. The van der Waals surface area contributed by atoms with Gasteiger partial charge in [0.25, 0.3) is 5.91 Å². The Labute approximate surface area is 155 Å². The number of amides is 1. The molecule has 1 fully saturated rings. The average molecular weight is 378 g/mol. The number of pyridine rings is 1. The molecule has 26 heavy (non-hydrogen) atoms. The van der Waals surface area contributed by atoms with E-state index < -0.39 is 18.4 Å². The van der Waals surface area contributed by atoms with Crippen molar-refractivity contribution >= 4 is 29.3 Å². The van der Waals surface area contributed by atoms with E-state index in [4.69, 9.17) is 5.11 Å². The molecular weight excluding hydrogens is 356 g/mol. The van der Waals surface area contributed by atoms with Crippen LogP contribution in [0.4, 0.5) is 0 Å². The van der Waals surface area contributed by atoms with E-state index in [-0.39, 0.29) is 17.0 Å². The van der Waals surface area contributed by atoms with Crippen LogP contribution in [0, 0.1) is 5.92 Å². The summed E-state index contributed by atoms with van der Waals surface area (Å²) in [4.78, 5) is 26.9. The van der Waals surface area contributed by atoms with Crippen molar-refractivity contribution in [3.8, 4) is 5.75 Å². The number of hydrogen-bond acceptors (Lipinski definition) is 6. The highest BCUT2D eigenvalue weighted by Crippen LogP contribution is 2.32. The number of hydrogen-bond donors (Lipinski definition) is 3. The maximum atomic E-state index is 12.2. The second kappa shape index (κ2) is 8.39. The number of carboxylic acid groups (broad SMARTS) is 1. The minimum atomic E-state index is -1.16. The first-order chi connectivity index (χ1) is 12.6. The molecular formula is C17H22N4O4S. The molecule has 0 aromatic carbocycles. The monoisotopic (exact) mass is 378 g/mol. The summed E-state index contributed by atoms with van der Waals surface area (Å²) in [7, 11) is 0. The summed E-state index contributed by atoms with van der Waals surface area (Å²) in [6, 6.07) is 1.49. The van der Waals surface area contributed by atoms with E-state index in [1.54, 1.807) is 11.8 Å². The number of fused-ring (bicyclic) bond motifs is 1. The SMILES string of the molecule is O=C(O)CNC(=O)c1c(O)cc(SCCC2CCCCC2)n2ncnc12. The van der Waals surface area contributed by atoms with Crippen LogP contribution in [0.3, 0.4) is 0 Å². The summed E-state index contributed by atoms with van der Waals surface area (Å²) in [5.74, 6) is -0.415. The zero-order chi connectivity index (χ0) is 18.5. The molecule has 1 aliphatic rings. The lowest BCUT2D eigenvalue weighted by molar-refractivity contribution is -0.135. The van der Waals surface area contributed by atoms with E-state index >= 15 is 0 Å². The second-order valence-corrected chi connectivity index (χ2v) is 7.57. The van der Waals surface area contributed by atoms with Crippen LogP contribution in [0.1, 0.15) is 48.9 Å². The average Bonchev–Trinajstić information content (AvgIpc) is 3.10. The summed E-state index contributed by atoms with van der Waals surface area (Å²) in [6.45, 7) is -0.531. The van der Waals surface area contributed by atoms with Gasteiger partial charge in [0.05, 0.1) is 0 Å². The Bertz CT molecular complexity index is 801. The lowest BCUT2D eigenvalue weighted by Gasteiger charge is -2.21. The summed E-state index contributed by atoms with van der Waals surface area (Å²) < 4.78 is 1.51. The minimum Gasteiger partial charge on any atom is -0.507 e. The molecule has 3 N–H and O–H groups in total.